The summed E-state index contributed by atoms with van der Waals surface area (Å²) in [5, 5.41) is 8.47. The first-order chi connectivity index (χ1) is 15.9. The van der Waals surface area contributed by atoms with E-state index in [1.807, 2.05) is 12.1 Å². The molecular formula is C28H34F3NO. The van der Waals surface area contributed by atoms with Crippen molar-refractivity contribution in [1.29, 1.82) is 5.26 Å². The van der Waals surface area contributed by atoms with E-state index < -0.39 is 6.36 Å². The quantitative estimate of drug-likeness (QED) is 0.222. The van der Waals surface area contributed by atoms with E-state index in [2.05, 4.69) is 23.0 Å². The molecule has 0 bridgehead atoms. The van der Waals surface area contributed by atoms with Crippen molar-refractivity contribution in [2.24, 2.45) is 17.8 Å². The molecule has 0 atom stereocenters. The van der Waals surface area contributed by atoms with E-state index in [1.165, 1.54) is 50.3 Å². The van der Waals surface area contributed by atoms with Gasteiger partial charge in [0, 0.05) is 6.08 Å². The smallest absolute Gasteiger partial charge is 0.406 e. The van der Waals surface area contributed by atoms with Gasteiger partial charge in [-0.2, -0.15) is 5.26 Å². The Morgan fingerprint density at radius 2 is 1.48 bits per heavy atom. The molecule has 1 aromatic carbocycles. The molecule has 0 aromatic heterocycles. The van der Waals surface area contributed by atoms with Crippen LogP contribution in [0.4, 0.5) is 13.2 Å². The van der Waals surface area contributed by atoms with Crippen LogP contribution in [0.2, 0.25) is 0 Å². The molecule has 3 rings (SSSR count). The summed E-state index contributed by atoms with van der Waals surface area (Å²) in [7, 11) is 0. The Labute approximate surface area is 195 Å². The Hall–Kier alpha value is -2.48. The first-order valence-electron chi connectivity index (χ1n) is 12.2. The summed E-state index contributed by atoms with van der Waals surface area (Å²) in [6.07, 6.45) is 19.6. The zero-order valence-electron chi connectivity index (χ0n) is 19.1. The van der Waals surface area contributed by atoms with Crippen molar-refractivity contribution in [3.05, 3.63) is 66.3 Å². The highest BCUT2D eigenvalue weighted by Gasteiger charge is 2.31. The van der Waals surface area contributed by atoms with Gasteiger partial charge in [0.2, 0.25) is 0 Å². The SMILES string of the molecule is N#CC=CC=CCCC1CCC(C=CC2CCC(c3ccc(OC(F)(F)F)cc3)CC2)CC1. The molecule has 2 saturated carbocycles. The van der Waals surface area contributed by atoms with E-state index in [0.29, 0.717) is 17.8 Å². The van der Waals surface area contributed by atoms with E-state index in [4.69, 9.17) is 5.26 Å². The fourth-order valence-electron chi connectivity index (χ4n) is 5.18. The molecule has 33 heavy (non-hydrogen) atoms. The van der Waals surface area contributed by atoms with Gasteiger partial charge in [0.1, 0.15) is 5.75 Å². The largest absolute Gasteiger partial charge is 0.573 e. The van der Waals surface area contributed by atoms with Crippen LogP contribution in [0.3, 0.4) is 0 Å². The molecular weight excluding hydrogens is 423 g/mol. The summed E-state index contributed by atoms with van der Waals surface area (Å²) < 4.78 is 40.9. The summed E-state index contributed by atoms with van der Waals surface area (Å²) in [6.45, 7) is 0. The second kappa shape index (κ2) is 12.7. The average Bonchev–Trinajstić information content (AvgIpc) is 2.81. The molecule has 0 amide bonds. The topological polar surface area (TPSA) is 33.0 Å². The van der Waals surface area contributed by atoms with Gasteiger partial charge in [0.15, 0.2) is 0 Å². The Morgan fingerprint density at radius 3 is 2.06 bits per heavy atom. The van der Waals surface area contributed by atoms with Crippen molar-refractivity contribution in [2.45, 2.75) is 76.5 Å². The standard InChI is InChI=1S/C28H34F3NO/c29-28(30,31)33-27-19-17-26(18-20-27)25-15-13-24(14-16-25)12-11-23-9-7-22(8-10-23)6-4-2-1-3-5-21-32/h1-3,5,11-12,17-20,22-25H,4,6-10,13-16H2. The molecule has 0 saturated heterocycles. The Kier molecular flexibility index (Phi) is 9.66. The number of nitriles is 1. The van der Waals surface area contributed by atoms with Crippen LogP contribution in [0, 0.1) is 29.1 Å². The Bertz CT molecular complexity index is 831. The van der Waals surface area contributed by atoms with Crippen LogP contribution in [0.15, 0.2) is 60.7 Å². The third-order valence-electron chi connectivity index (χ3n) is 7.06. The van der Waals surface area contributed by atoms with Crippen LogP contribution < -0.4 is 4.74 Å². The van der Waals surface area contributed by atoms with E-state index in [1.54, 1.807) is 18.2 Å². The monoisotopic (exact) mass is 457 g/mol. The molecule has 2 fully saturated rings. The molecule has 5 heteroatoms. The van der Waals surface area contributed by atoms with Crippen LogP contribution in [0.1, 0.15) is 75.7 Å². The number of halogens is 3. The minimum Gasteiger partial charge on any atom is -0.406 e. The molecule has 0 aliphatic heterocycles. The van der Waals surface area contributed by atoms with Crippen LogP contribution in [-0.4, -0.2) is 6.36 Å². The number of nitrogens with zero attached hydrogens (tertiary/aromatic N) is 1. The molecule has 0 heterocycles. The maximum absolute atomic E-state index is 12.3. The van der Waals surface area contributed by atoms with Gasteiger partial charge in [-0.15, -0.1) is 13.2 Å². The normalized spacial score (nSPS) is 26.7. The fraction of sp³-hybridized carbons (Fsp3) is 0.536. The lowest BCUT2D eigenvalue weighted by Gasteiger charge is -2.29. The second-order valence-corrected chi connectivity index (χ2v) is 9.39. The molecule has 2 aliphatic carbocycles. The fourth-order valence-corrected chi connectivity index (χ4v) is 5.18. The maximum Gasteiger partial charge on any atom is 0.573 e. The molecule has 0 radical (unpaired) electrons. The molecule has 2 nitrogen and oxygen atoms in total. The average molecular weight is 458 g/mol. The van der Waals surface area contributed by atoms with E-state index in [9.17, 15) is 13.2 Å². The van der Waals surface area contributed by atoms with Crippen molar-refractivity contribution < 1.29 is 17.9 Å². The summed E-state index contributed by atoms with van der Waals surface area (Å²) >= 11 is 0. The van der Waals surface area contributed by atoms with Crippen LogP contribution in [0.5, 0.6) is 5.75 Å². The molecule has 1 aromatic rings. The Morgan fingerprint density at radius 1 is 0.879 bits per heavy atom. The van der Waals surface area contributed by atoms with Gasteiger partial charge < -0.3 is 4.74 Å². The van der Waals surface area contributed by atoms with Gasteiger partial charge in [0.05, 0.1) is 6.07 Å². The highest BCUT2D eigenvalue weighted by atomic mass is 19.4. The van der Waals surface area contributed by atoms with Crippen LogP contribution in [-0.2, 0) is 0 Å². The lowest BCUT2D eigenvalue weighted by Crippen LogP contribution is -2.17. The zero-order valence-corrected chi connectivity index (χ0v) is 19.1. The first kappa shape index (κ1) is 25.1. The lowest BCUT2D eigenvalue weighted by atomic mass is 9.77. The van der Waals surface area contributed by atoms with Gasteiger partial charge in [-0.05, 0) is 106 Å². The number of hydrogen-bond acceptors (Lipinski definition) is 2. The molecule has 0 spiro atoms. The summed E-state index contributed by atoms with van der Waals surface area (Å²) in [5.41, 5.74) is 1.11. The predicted molar refractivity (Wildman–Crippen MR) is 126 cm³/mol. The molecule has 2 aliphatic rings. The second-order valence-electron chi connectivity index (χ2n) is 9.39. The number of rotatable bonds is 8. The number of benzene rings is 1. The van der Waals surface area contributed by atoms with E-state index in [-0.39, 0.29) is 5.75 Å². The lowest BCUT2D eigenvalue weighted by molar-refractivity contribution is -0.274. The summed E-state index contributed by atoms with van der Waals surface area (Å²) in [5.74, 6) is 2.42. The van der Waals surface area contributed by atoms with Crippen molar-refractivity contribution in [2.75, 3.05) is 0 Å². The molecule has 0 unspecified atom stereocenters. The highest BCUT2D eigenvalue weighted by Crippen LogP contribution is 2.38. The Balaban J connectivity index is 1.34. The third kappa shape index (κ3) is 9.12. The molecule has 0 N–H and O–H groups in total. The predicted octanol–water partition coefficient (Wildman–Crippen LogP) is 8.64. The van der Waals surface area contributed by atoms with Gasteiger partial charge in [-0.3, -0.25) is 0 Å². The summed E-state index contributed by atoms with van der Waals surface area (Å²) in [6, 6.07) is 8.39. The minimum absolute atomic E-state index is 0.151. The van der Waals surface area contributed by atoms with Gasteiger partial charge in [0.25, 0.3) is 0 Å². The van der Waals surface area contributed by atoms with Crippen molar-refractivity contribution >= 4 is 0 Å². The molecule has 178 valence electrons. The van der Waals surface area contributed by atoms with Gasteiger partial charge in [-0.25, -0.2) is 0 Å². The third-order valence-corrected chi connectivity index (χ3v) is 7.06. The van der Waals surface area contributed by atoms with E-state index in [0.717, 1.165) is 43.6 Å². The summed E-state index contributed by atoms with van der Waals surface area (Å²) in [4.78, 5) is 0. The number of hydrogen-bond donors (Lipinski definition) is 0. The number of allylic oxidation sites excluding steroid dienone is 6. The first-order valence-corrected chi connectivity index (χ1v) is 12.2. The van der Waals surface area contributed by atoms with E-state index >= 15 is 0 Å². The van der Waals surface area contributed by atoms with Gasteiger partial charge in [-0.1, -0.05) is 42.5 Å². The van der Waals surface area contributed by atoms with Crippen LogP contribution in [0.25, 0.3) is 0 Å². The van der Waals surface area contributed by atoms with Crippen molar-refractivity contribution in [3.63, 3.8) is 0 Å². The van der Waals surface area contributed by atoms with Crippen LogP contribution >= 0.6 is 0 Å². The number of ether oxygens (including phenoxy) is 1. The number of alkyl halides is 3. The highest BCUT2D eigenvalue weighted by molar-refractivity contribution is 5.30. The maximum atomic E-state index is 12.3. The van der Waals surface area contributed by atoms with Crippen molar-refractivity contribution in [1.82, 2.24) is 0 Å². The minimum atomic E-state index is -4.64. The van der Waals surface area contributed by atoms with Gasteiger partial charge >= 0.3 is 6.36 Å². The van der Waals surface area contributed by atoms with Crippen molar-refractivity contribution in [3.8, 4) is 11.8 Å². The zero-order chi connectivity index (χ0) is 23.5.